The second kappa shape index (κ2) is 7.34. The molecule has 132 valence electrons. The van der Waals surface area contributed by atoms with Crippen LogP contribution in [0, 0.1) is 0 Å². The molecule has 2 aromatic carbocycles. The van der Waals surface area contributed by atoms with Crippen LogP contribution in [0.1, 0.15) is 17.3 Å². The molecule has 0 aromatic heterocycles. The van der Waals surface area contributed by atoms with Crippen LogP contribution >= 0.6 is 0 Å². The van der Waals surface area contributed by atoms with Gasteiger partial charge < -0.3 is 24.3 Å². The van der Waals surface area contributed by atoms with Gasteiger partial charge in [0, 0.05) is 6.07 Å². The number of methoxy groups -OCH3 is 2. The quantitative estimate of drug-likeness (QED) is 0.904. The molecule has 0 unspecified atom stereocenters. The number of carbonyl (C=O) groups is 1. The van der Waals surface area contributed by atoms with Crippen molar-refractivity contribution in [2.24, 2.45) is 0 Å². The third-order valence-electron chi connectivity index (χ3n) is 4.10. The summed E-state index contributed by atoms with van der Waals surface area (Å²) in [5.74, 6) is 2.24. The van der Waals surface area contributed by atoms with Crippen LogP contribution in [-0.2, 0) is 0 Å². The molecular weight excluding hydrogens is 322 g/mol. The van der Waals surface area contributed by atoms with E-state index in [0.29, 0.717) is 35.2 Å². The third-order valence-corrected chi connectivity index (χ3v) is 4.10. The molecule has 2 atom stereocenters. The Hall–Kier alpha value is -2.89. The summed E-state index contributed by atoms with van der Waals surface area (Å²) in [6.07, 6.45) is -0.275. The summed E-state index contributed by atoms with van der Waals surface area (Å²) < 4.78 is 22.1. The molecule has 6 heteroatoms. The highest BCUT2D eigenvalue weighted by Crippen LogP contribution is 2.31. The summed E-state index contributed by atoms with van der Waals surface area (Å²) in [7, 11) is 3.08. The molecule has 2 aromatic rings. The lowest BCUT2D eigenvalue weighted by molar-refractivity contribution is 0.0605. The van der Waals surface area contributed by atoms with Crippen LogP contribution in [0.2, 0.25) is 0 Å². The van der Waals surface area contributed by atoms with E-state index in [2.05, 4.69) is 5.32 Å². The van der Waals surface area contributed by atoms with E-state index < -0.39 is 0 Å². The Labute approximate surface area is 146 Å². The second-order valence-corrected chi connectivity index (χ2v) is 5.74. The van der Waals surface area contributed by atoms with Crippen LogP contribution < -0.4 is 24.3 Å². The first-order valence-corrected chi connectivity index (χ1v) is 8.03. The molecule has 0 aliphatic carbocycles. The molecule has 0 bridgehead atoms. The van der Waals surface area contributed by atoms with Gasteiger partial charge in [0.15, 0.2) is 17.6 Å². The molecule has 0 saturated heterocycles. The molecule has 25 heavy (non-hydrogen) atoms. The van der Waals surface area contributed by atoms with E-state index in [1.54, 1.807) is 25.3 Å². The number of nitrogens with one attached hydrogen (secondary N) is 1. The van der Waals surface area contributed by atoms with Gasteiger partial charge in [0.25, 0.3) is 5.91 Å². The summed E-state index contributed by atoms with van der Waals surface area (Å²) in [6, 6.07) is 12.3. The number of carbonyl (C=O) groups excluding carboxylic acids is 1. The Kier molecular flexibility index (Phi) is 4.97. The molecule has 0 spiro atoms. The van der Waals surface area contributed by atoms with Crippen LogP contribution in [0.4, 0.5) is 0 Å². The number of hydrogen-bond donors (Lipinski definition) is 1. The largest absolute Gasteiger partial charge is 0.497 e. The predicted octanol–water partition coefficient (Wildman–Crippen LogP) is 2.66. The molecule has 1 N–H and O–H groups in total. The van der Waals surface area contributed by atoms with Crippen molar-refractivity contribution in [2.75, 3.05) is 20.8 Å². The lowest BCUT2D eigenvalue weighted by Crippen LogP contribution is -2.48. The summed E-state index contributed by atoms with van der Waals surface area (Å²) in [4.78, 5) is 12.6. The molecule has 1 amide bonds. The topological polar surface area (TPSA) is 66.0 Å². The third kappa shape index (κ3) is 3.63. The fraction of sp³-hybridized carbons (Fsp3) is 0.316. The number of amides is 1. The van der Waals surface area contributed by atoms with E-state index in [4.69, 9.17) is 18.9 Å². The Morgan fingerprint density at radius 2 is 1.92 bits per heavy atom. The molecule has 0 saturated carbocycles. The smallest absolute Gasteiger partial charge is 0.255 e. The van der Waals surface area contributed by atoms with Gasteiger partial charge in [-0.2, -0.15) is 0 Å². The van der Waals surface area contributed by atoms with Gasteiger partial charge in [0.1, 0.15) is 18.1 Å². The first-order chi connectivity index (χ1) is 12.1. The average molecular weight is 343 g/mol. The van der Waals surface area contributed by atoms with Crippen molar-refractivity contribution in [1.82, 2.24) is 5.32 Å². The lowest BCUT2D eigenvalue weighted by Gasteiger charge is -2.30. The van der Waals surface area contributed by atoms with Gasteiger partial charge in [-0.1, -0.05) is 12.1 Å². The van der Waals surface area contributed by atoms with Crippen LogP contribution in [0.15, 0.2) is 42.5 Å². The van der Waals surface area contributed by atoms with Crippen molar-refractivity contribution in [2.45, 2.75) is 19.1 Å². The monoisotopic (exact) mass is 343 g/mol. The van der Waals surface area contributed by atoms with E-state index in [9.17, 15) is 4.79 Å². The number of fused-ring (bicyclic) bond motifs is 1. The van der Waals surface area contributed by atoms with Crippen LogP contribution in [0.5, 0.6) is 23.0 Å². The highest BCUT2D eigenvalue weighted by atomic mass is 16.6. The summed E-state index contributed by atoms with van der Waals surface area (Å²) in [5.41, 5.74) is 0.437. The number of benzene rings is 2. The van der Waals surface area contributed by atoms with E-state index in [-0.39, 0.29) is 18.1 Å². The molecule has 0 fully saturated rings. The number of para-hydroxylation sites is 2. The minimum Gasteiger partial charge on any atom is -0.497 e. The Morgan fingerprint density at radius 1 is 1.16 bits per heavy atom. The van der Waals surface area contributed by atoms with Crippen LogP contribution in [0.25, 0.3) is 0 Å². The number of rotatable bonds is 5. The van der Waals surface area contributed by atoms with Crippen molar-refractivity contribution in [1.29, 1.82) is 0 Å². The van der Waals surface area contributed by atoms with Crippen LogP contribution in [-0.4, -0.2) is 38.9 Å². The van der Waals surface area contributed by atoms with Crippen molar-refractivity contribution >= 4 is 5.91 Å². The fourth-order valence-corrected chi connectivity index (χ4v) is 2.65. The summed E-state index contributed by atoms with van der Waals surface area (Å²) in [6.45, 7) is 2.26. The zero-order valence-corrected chi connectivity index (χ0v) is 14.4. The van der Waals surface area contributed by atoms with Gasteiger partial charge in [-0.15, -0.1) is 0 Å². The fourth-order valence-electron chi connectivity index (χ4n) is 2.65. The second-order valence-electron chi connectivity index (χ2n) is 5.74. The van der Waals surface area contributed by atoms with Gasteiger partial charge in [-0.25, -0.2) is 0 Å². The molecule has 3 rings (SSSR count). The van der Waals surface area contributed by atoms with E-state index in [0.717, 1.165) is 0 Å². The first kappa shape index (κ1) is 17.0. The van der Waals surface area contributed by atoms with Crippen molar-refractivity contribution < 1.29 is 23.7 Å². The normalized spacial score (nSPS) is 16.7. The van der Waals surface area contributed by atoms with Gasteiger partial charge in [-0.05, 0) is 31.2 Å². The highest BCUT2D eigenvalue weighted by molar-refractivity contribution is 5.97. The summed E-state index contributed by atoms with van der Waals surface area (Å²) >= 11 is 0. The molecular formula is C19H21NO5. The molecule has 0 radical (unpaired) electrons. The lowest BCUT2D eigenvalue weighted by atomic mass is 10.1. The van der Waals surface area contributed by atoms with E-state index >= 15 is 0 Å². The Balaban J connectivity index is 1.69. The minimum atomic E-state index is -0.275. The Morgan fingerprint density at radius 3 is 2.64 bits per heavy atom. The van der Waals surface area contributed by atoms with Crippen molar-refractivity contribution in [3.63, 3.8) is 0 Å². The molecule has 1 heterocycles. The van der Waals surface area contributed by atoms with Gasteiger partial charge >= 0.3 is 0 Å². The summed E-state index contributed by atoms with van der Waals surface area (Å²) in [5, 5.41) is 2.94. The maximum Gasteiger partial charge on any atom is 0.255 e. The van der Waals surface area contributed by atoms with Crippen LogP contribution in [0.3, 0.4) is 0 Å². The van der Waals surface area contributed by atoms with E-state index in [1.807, 2.05) is 31.2 Å². The van der Waals surface area contributed by atoms with Crippen molar-refractivity contribution in [3.05, 3.63) is 48.0 Å². The predicted molar refractivity (Wildman–Crippen MR) is 92.8 cm³/mol. The Bertz CT molecular complexity index is 761. The number of ether oxygens (including phenoxy) is 4. The maximum absolute atomic E-state index is 12.6. The van der Waals surface area contributed by atoms with Gasteiger partial charge in [0.05, 0.1) is 25.8 Å². The minimum absolute atomic E-state index is 0.241. The van der Waals surface area contributed by atoms with Crippen molar-refractivity contribution in [3.8, 4) is 23.0 Å². The first-order valence-electron chi connectivity index (χ1n) is 8.03. The SMILES string of the molecule is COc1ccc(C(=O)N[C@H](C)[C@@H]2COc3ccccc3O2)c(OC)c1. The molecule has 6 nitrogen and oxygen atoms in total. The maximum atomic E-state index is 12.6. The van der Waals surface area contributed by atoms with Gasteiger partial charge in [-0.3, -0.25) is 4.79 Å². The number of hydrogen-bond acceptors (Lipinski definition) is 5. The zero-order valence-electron chi connectivity index (χ0n) is 14.4. The highest BCUT2D eigenvalue weighted by Gasteiger charge is 2.28. The zero-order chi connectivity index (χ0) is 17.8. The average Bonchev–Trinajstić information content (AvgIpc) is 2.66. The van der Waals surface area contributed by atoms with Gasteiger partial charge in [0.2, 0.25) is 0 Å². The van der Waals surface area contributed by atoms with E-state index in [1.165, 1.54) is 7.11 Å². The standard InChI is InChI=1S/C19H21NO5/c1-12(18-11-24-15-6-4-5-7-16(15)25-18)20-19(21)14-9-8-13(22-2)10-17(14)23-3/h4-10,12,18H,11H2,1-3H3,(H,20,21)/t12-,18+/m1/s1. The molecule has 1 aliphatic heterocycles. The molecule has 1 aliphatic rings.